The molecule has 0 unspecified atom stereocenters. The van der Waals surface area contributed by atoms with Gasteiger partial charge in [0.05, 0.1) is 13.7 Å². The molecular weight excluding hydrogens is 296 g/mol. The predicted octanol–water partition coefficient (Wildman–Crippen LogP) is 2.14. The Bertz CT molecular complexity index is 564. The van der Waals surface area contributed by atoms with Crippen molar-refractivity contribution in [1.29, 1.82) is 0 Å². The van der Waals surface area contributed by atoms with E-state index < -0.39 is 0 Å². The highest BCUT2D eigenvalue weighted by atomic mass is 16.6. The van der Waals surface area contributed by atoms with Crippen LogP contribution in [-0.4, -0.2) is 61.2 Å². The number of carbonyl (C=O) groups excluding carboxylic acids is 2. The van der Waals surface area contributed by atoms with Crippen LogP contribution in [0.1, 0.15) is 29.6 Å². The molecule has 0 radical (unpaired) electrons. The van der Waals surface area contributed by atoms with Crippen molar-refractivity contribution in [2.75, 3.05) is 33.4 Å². The lowest BCUT2D eigenvalue weighted by atomic mass is 10.0. The molecule has 0 aliphatic carbocycles. The molecule has 6 heteroatoms. The molecule has 3 rings (SSSR count). The first-order valence-corrected chi connectivity index (χ1v) is 8.06. The summed E-state index contributed by atoms with van der Waals surface area (Å²) in [4.78, 5) is 28.0. The van der Waals surface area contributed by atoms with E-state index in [-0.39, 0.29) is 18.0 Å². The number of hydrogen-bond donors (Lipinski definition) is 0. The van der Waals surface area contributed by atoms with E-state index in [4.69, 9.17) is 9.47 Å². The minimum atomic E-state index is -0.212. The van der Waals surface area contributed by atoms with E-state index >= 15 is 0 Å². The van der Waals surface area contributed by atoms with Crippen LogP contribution in [0.2, 0.25) is 0 Å². The highest BCUT2D eigenvalue weighted by Gasteiger charge is 2.32. The number of cyclic esters (lactones) is 1. The fourth-order valence-corrected chi connectivity index (χ4v) is 3.20. The largest absolute Gasteiger partial charge is 0.497 e. The molecule has 124 valence electrons. The summed E-state index contributed by atoms with van der Waals surface area (Å²) in [6, 6.07) is 7.35. The molecular formula is C17H22N2O4. The molecule has 2 fully saturated rings. The number of amides is 2. The molecule has 2 amide bonds. The molecule has 2 aliphatic heterocycles. The van der Waals surface area contributed by atoms with Crippen LogP contribution in [0.3, 0.4) is 0 Å². The Labute approximate surface area is 136 Å². The van der Waals surface area contributed by atoms with Crippen molar-refractivity contribution < 1.29 is 19.1 Å². The van der Waals surface area contributed by atoms with E-state index in [0.717, 1.165) is 31.6 Å². The van der Waals surface area contributed by atoms with Crippen LogP contribution in [0.25, 0.3) is 0 Å². The normalized spacial score (nSPS) is 19.4. The molecule has 2 aliphatic rings. The van der Waals surface area contributed by atoms with E-state index in [2.05, 4.69) is 0 Å². The topological polar surface area (TPSA) is 59.1 Å². The van der Waals surface area contributed by atoms with Crippen molar-refractivity contribution in [1.82, 2.24) is 9.80 Å². The van der Waals surface area contributed by atoms with Gasteiger partial charge in [-0.3, -0.25) is 4.79 Å². The zero-order valence-electron chi connectivity index (χ0n) is 13.4. The Morgan fingerprint density at radius 3 is 2.48 bits per heavy atom. The van der Waals surface area contributed by atoms with Crippen molar-refractivity contribution in [2.24, 2.45) is 0 Å². The Kier molecular flexibility index (Phi) is 4.69. The Morgan fingerprint density at radius 1 is 1.17 bits per heavy atom. The first-order valence-electron chi connectivity index (χ1n) is 8.06. The van der Waals surface area contributed by atoms with Crippen LogP contribution < -0.4 is 4.74 Å². The molecule has 2 heterocycles. The molecule has 0 bridgehead atoms. The molecule has 6 nitrogen and oxygen atoms in total. The number of carbonyl (C=O) groups is 2. The van der Waals surface area contributed by atoms with Gasteiger partial charge in [0, 0.05) is 31.2 Å². The van der Waals surface area contributed by atoms with Crippen molar-refractivity contribution in [2.45, 2.75) is 25.3 Å². The van der Waals surface area contributed by atoms with E-state index in [1.807, 2.05) is 9.80 Å². The van der Waals surface area contributed by atoms with Crippen LogP contribution in [-0.2, 0) is 4.74 Å². The molecule has 1 aromatic carbocycles. The van der Waals surface area contributed by atoms with Crippen LogP contribution >= 0.6 is 0 Å². The predicted molar refractivity (Wildman–Crippen MR) is 84.6 cm³/mol. The van der Waals surface area contributed by atoms with Gasteiger partial charge in [-0.15, -0.1) is 0 Å². The van der Waals surface area contributed by atoms with Gasteiger partial charge in [-0.05, 0) is 43.5 Å². The van der Waals surface area contributed by atoms with Gasteiger partial charge in [-0.1, -0.05) is 0 Å². The molecule has 0 atom stereocenters. The molecule has 1 aromatic rings. The molecule has 2 saturated heterocycles. The second-order valence-corrected chi connectivity index (χ2v) is 5.91. The average Bonchev–Trinajstić information content (AvgIpc) is 2.62. The van der Waals surface area contributed by atoms with Gasteiger partial charge in [-0.2, -0.15) is 0 Å². The van der Waals surface area contributed by atoms with Gasteiger partial charge in [0.15, 0.2) is 0 Å². The third-order valence-electron chi connectivity index (χ3n) is 4.53. The summed E-state index contributed by atoms with van der Waals surface area (Å²) in [5, 5.41) is 0. The monoisotopic (exact) mass is 318 g/mol. The highest BCUT2D eigenvalue weighted by Crippen LogP contribution is 2.22. The average molecular weight is 318 g/mol. The Hall–Kier alpha value is -2.24. The zero-order valence-corrected chi connectivity index (χ0v) is 13.4. The van der Waals surface area contributed by atoms with Gasteiger partial charge in [0.1, 0.15) is 5.75 Å². The van der Waals surface area contributed by atoms with Crippen molar-refractivity contribution >= 4 is 12.0 Å². The van der Waals surface area contributed by atoms with Crippen LogP contribution in [0.5, 0.6) is 5.75 Å². The number of likely N-dealkylation sites (tertiary alicyclic amines) is 1. The van der Waals surface area contributed by atoms with E-state index in [1.54, 1.807) is 31.4 Å². The summed E-state index contributed by atoms with van der Waals surface area (Å²) in [6.07, 6.45) is 2.28. The first-order chi connectivity index (χ1) is 11.2. The third kappa shape index (κ3) is 3.41. The van der Waals surface area contributed by atoms with Gasteiger partial charge < -0.3 is 19.3 Å². The van der Waals surface area contributed by atoms with Gasteiger partial charge in [0.25, 0.3) is 5.91 Å². The maximum atomic E-state index is 12.5. The third-order valence-corrected chi connectivity index (χ3v) is 4.53. The molecule has 0 saturated carbocycles. The summed E-state index contributed by atoms with van der Waals surface area (Å²) in [6.45, 7) is 2.61. The molecule has 23 heavy (non-hydrogen) atoms. The summed E-state index contributed by atoms with van der Waals surface area (Å²) in [5.41, 5.74) is 0.668. The minimum Gasteiger partial charge on any atom is -0.497 e. The van der Waals surface area contributed by atoms with Crippen molar-refractivity contribution in [3.63, 3.8) is 0 Å². The minimum absolute atomic E-state index is 0.0346. The Morgan fingerprint density at radius 2 is 1.87 bits per heavy atom. The van der Waals surface area contributed by atoms with E-state index in [0.29, 0.717) is 25.3 Å². The lowest BCUT2D eigenvalue weighted by Gasteiger charge is -2.39. The van der Waals surface area contributed by atoms with Gasteiger partial charge in [0.2, 0.25) is 0 Å². The van der Waals surface area contributed by atoms with Crippen LogP contribution in [0.15, 0.2) is 24.3 Å². The summed E-state index contributed by atoms with van der Waals surface area (Å²) >= 11 is 0. The maximum Gasteiger partial charge on any atom is 0.410 e. The number of benzene rings is 1. The second-order valence-electron chi connectivity index (χ2n) is 5.91. The Balaban J connectivity index is 1.57. The number of hydrogen-bond acceptors (Lipinski definition) is 4. The fourth-order valence-electron chi connectivity index (χ4n) is 3.20. The smallest absolute Gasteiger partial charge is 0.410 e. The number of ether oxygens (including phenoxy) is 2. The summed E-state index contributed by atoms with van der Waals surface area (Å²) in [5.74, 6) is 0.774. The zero-order chi connectivity index (χ0) is 16.2. The van der Waals surface area contributed by atoms with Crippen molar-refractivity contribution in [3.8, 4) is 5.75 Å². The lowest BCUT2D eigenvalue weighted by Crippen LogP contribution is -2.50. The molecule has 0 aromatic heterocycles. The van der Waals surface area contributed by atoms with Gasteiger partial charge >= 0.3 is 6.09 Å². The van der Waals surface area contributed by atoms with Gasteiger partial charge in [-0.25, -0.2) is 4.79 Å². The fraction of sp³-hybridized carbons (Fsp3) is 0.529. The quantitative estimate of drug-likeness (QED) is 0.857. The SMILES string of the molecule is COc1ccc(C(=O)N2CCC(N3CCCOC3=O)CC2)cc1. The number of nitrogens with zero attached hydrogens (tertiary/aromatic N) is 2. The highest BCUT2D eigenvalue weighted by molar-refractivity contribution is 5.94. The standard InChI is InChI=1S/C17H22N2O4/c1-22-15-5-3-13(4-6-15)16(20)18-10-7-14(8-11-18)19-9-2-12-23-17(19)21/h3-6,14H,2,7-12H2,1H3. The lowest BCUT2D eigenvalue weighted by molar-refractivity contribution is 0.0357. The number of piperidine rings is 1. The molecule has 0 spiro atoms. The number of methoxy groups -OCH3 is 1. The van der Waals surface area contributed by atoms with Crippen molar-refractivity contribution in [3.05, 3.63) is 29.8 Å². The van der Waals surface area contributed by atoms with Crippen LogP contribution in [0.4, 0.5) is 4.79 Å². The number of rotatable bonds is 3. The molecule has 0 N–H and O–H groups in total. The van der Waals surface area contributed by atoms with Crippen LogP contribution in [0, 0.1) is 0 Å². The van der Waals surface area contributed by atoms with E-state index in [9.17, 15) is 9.59 Å². The summed E-state index contributed by atoms with van der Waals surface area (Å²) < 4.78 is 10.2. The second kappa shape index (κ2) is 6.89. The maximum absolute atomic E-state index is 12.5. The van der Waals surface area contributed by atoms with E-state index in [1.165, 1.54) is 0 Å². The first kappa shape index (κ1) is 15.6. The summed E-state index contributed by atoms with van der Waals surface area (Å²) in [7, 11) is 1.60.